The van der Waals surface area contributed by atoms with Crippen molar-refractivity contribution in [3.63, 3.8) is 0 Å². The van der Waals surface area contributed by atoms with Crippen molar-refractivity contribution in [1.29, 1.82) is 0 Å². The quantitative estimate of drug-likeness (QED) is 0.773. The number of benzene rings is 1. The molecule has 5 heteroatoms. The Morgan fingerprint density at radius 1 is 1.32 bits per heavy atom. The van der Waals surface area contributed by atoms with Crippen LogP contribution in [0.5, 0.6) is 0 Å². The molecule has 25 heavy (non-hydrogen) atoms. The number of carbonyl (C=O) groups is 1. The first-order valence-electron chi connectivity index (χ1n) is 9.17. The van der Waals surface area contributed by atoms with Gasteiger partial charge in [0.1, 0.15) is 0 Å². The number of rotatable bonds is 7. The molecule has 0 spiro atoms. The van der Waals surface area contributed by atoms with Crippen LogP contribution in [0.4, 0.5) is 0 Å². The maximum atomic E-state index is 12.5. The molecule has 5 nitrogen and oxygen atoms in total. The van der Waals surface area contributed by atoms with Gasteiger partial charge in [-0.1, -0.05) is 12.1 Å². The zero-order valence-corrected chi connectivity index (χ0v) is 15.1. The van der Waals surface area contributed by atoms with Gasteiger partial charge in [0.25, 0.3) is 5.91 Å². The Morgan fingerprint density at radius 3 is 2.76 bits per heavy atom. The summed E-state index contributed by atoms with van der Waals surface area (Å²) in [5.41, 5.74) is 2.88. The number of nitrogens with zero attached hydrogens (tertiary/aromatic N) is 3. The van der Waals surface area contributed by atoms with Crippen molar-refractivity contribution < 1.29 is 9.53 Å². The van der Waals surface area contributed by atoms with Crippen LogP contribution in [-0.4, -0.2) is 46.9 Å². The van der Waals surface area contributed by atoms with Gasteiger partial charge in [0, 0.05) is 44.1 Å². The monoisotopic (exact) mass is 341 g/mol. The lowest BCUT2D eigenvalue weighted by molar-refractivity contribution is 0.0763. The molecule has 0 aliphatic carbocycles. The number of ether oxygens (including phenoxy) is 1. The smallest absolute Gasteiger partial charge is 0.253 e. The van der Waals surface area contributed by atoms with E-state index < -0.39 is 0 Å². The molecule has 2 heterocycles. The first kappa shape index (κ1) is 17.7. The van der Waals surface area contributed by atoms with Crippen LogP contribution >= 0.6 is 0 Å². The van der Waals surface area contributed by atoms with E-state index in [4.69, 9.17) is 4.74 Å². The largest absolute Gasteiger partial charge is 0.378 e. The van der Waals surface area contributed by atoms with E-state index in [1.54, 1.807) is 4.90 Å². The van der Waals surface area contributed by atoms with Crippen LogP contribution in [0.2, 0.25) is 0 Å². The molecule has 134 valence electrons. The maximum Gasteiger partial charge on any atom is 0.253 e. The van der Waals surface area contributed by atoms with Gasteiger partial charge in [0.15, 0.2) is 0 Å². The van der Waals surface area contributed by atoms with Gasteiger partial charge in [0.05, 0.1) is 12.3 Å². The van der Waals surface area contributed by atoms with E-state index in [1.165, 1.54) is 6.42 Å². The molecular weight excluding hydrogens is 314 g/mol. The minimum Gasteiger partial charge on any atom is -0.378 e. The molecule has 0 bridgehead atoms. The molecule has 1 saturated heterocycles. The van der Waals surface area contributed by atoms with Crippen molar-refractivity contribution in [1.82, 2.24) is 14.7 Å². The van der Waals surface area contributed by atoms with Gasteiger partial charge >= 0.3 is 0 Å². The second-order valence-electron chi connectivity index (χ2n) is 6.67. The minimum absolute atomic E-state index is 0.0724. The molecule has 1 aromatic carbocycles. The third kappa shape index (κ3) is 4.48. The van der Waals surface area contributed by atoms with E-state index in [0.717, 1.165) is 55.6 Å². The first-order valence-corrected chi connectivity index (χ1v) is 9.17. The summed E-state index contributed by atoms with van der Waals surface area (Å²) in [5.74, 6) is 0.0724. The fourth-order valence-electron chi connectivity index (χ4n) is 3.24. The highest BCUT2D eigenvalue weighted by Gasteiger charge is 2.16. The van der Waals surface area contributed by atoms with Crippen LogP contribution in [0.25, 0.3) is 11.1 Å². The van der Waals surface area contributed by atoms with Crippen LogP contribution in [0, 0.1) is 0 Å². The van der Waals surface area contributed by atoms with E-state index in [-0.39, 0.29) is 5.91 Å². The summed E-state index contributed by atoms with van der Waals surface area (Å²) in [7, 11) is 1.87. The molecule has 2 aromatic rings. The Morgan fingerprint density at radius 2 is 2.12 bits per heavy atom. The number of amides is 1. The second kappa shape index (κ2) is 8.30. The van der Waals surface area contributed by atoms with E-state index in [9.17, 15) is 4.79 Å². The lowest BCUT2D eigenvalue weighted by atomic mass is 10.1. The van der Waals surface area contributed by atoms with Crippen molar-refractivity contribution in [2.45, 2.75) is 45.3 Å². The molecule has 1 unspecified atom stereocenters. The number of hydrogen-bond acceptors (Lipinski definition) is 3. The van der Waals surface area contributed by atoms with Gasteiger partial charge in [0.2, 0.25) is 0 Å². The number of hydrogen-bond donors (Lipinski definition) is 0. The molecule has 3 rings (SSSR count). The van der Waals surface area contributed by atoms with Crippen molar-refractivity contribution in [2.24, 2.45) is 0 Å². The highest BCUT2D eigenvalue weighted by atomic mass is 16.5. The standard InChI is InChI=1S/C20H27N3O2/c1-3-23-15-18(14-21-23)16-8-10-17(11-9-16)20(24)22(2)12-4-6-19-7-5-13-25-19/h8-11,14-15,19H,3-7,12-13H2,1-2H3. The van der Waals surface area contributed by atoms with E-state index in [1.807, 2.05) is 48.4 Å². The van der Waals surface area contributed by atoms with Gasteiger partial charge in [-0.15, -0.1) is 0 Å². The lowest BCUT2D eigenvalue weighted by Gasteiger charge is -2.18. The SMILES string of the molecule is CCn1cc(-c2ccc(C(=O)N(C)CCCC3CCCO3)cc2)cn1. The fraction of sp³-hybridized carbons (Fsp3) is 0.500. The highest BCUT2D eigenvalue weighted by Crippen LogP contribution is 2.20. The van der Waals surface area contributed by atoms with Crippen molar-refractivity contribution >= 4 is 5.91 Å². The molecule has 0 radical (unpaired) electrons. The summed E-state index contributed by atoms with van der Waals surface area (Å²) in [6.45, 7) is 4.58. The van der Waals surface area contributed by atoms with Crippen molar-refractivity contribution in [3.8, 4) is 11.1 Å². The topological polar surface area (TPSA) is 47.4 Å². The van der Waals surface area contributed by atoms with Crippen LogP contribution in [0.1, 0.15) is 43.0 Å². The number of carbonyl (C=O) groups excluding carboxylic acids is 1. The Bertz CT molecular complexity index is 687. The maximum absolute atomic E-state index is 12.5. The summed E-state index contributed by atoms with van der Waals surface area (Å²) < 4.78 is 7.53. The third-order valence-corrected chi connectivity index (χ3v) is 4.81. The number of aromatic nitrogens is 2. The average Bonchev–Trinajstić information content (AvgIpc) is 3.33. The van der Waals surface area contributed by atoms with E-state index in [0.29, 0.717) is 6.10 Å². The summed E-state index contributed by atoms with van der Waals surface area (Å²) in [4.78, 5) is 14.4. The van der Waals surface area contributed by atoms with Crippen LogP contribution in [0.3, 0.4) is 0 Å². The molecule has 1 fully saturated rings. The van der Waals surface area contributed by atoms with E-state index >= 15 is 0 Å². The number of aryl methyl sites for hydroxylation is 1. The van der Waals surface area contributed by atoms with Crippen LogP contribution in [-0.2, 0) is 11.3 Å². The summed E-state index contributed by atoms with van der Waals surface area (Å²) in [6, 6.07) is 7.78. The molecule has 1 aliphatic heterocycles. The predicted octanol–water partition coefficient (Wildman–Crippen LogP) is 3.60. The first-order chi connectivity index (χ1) is 12.2. The Hall–Kier alpha value is -2.14. The highest BCUT2D eigenvalue weighted by molar-refractivity contribution is 5.94. The Balaban J connectivity index is 1.54. The summed E-state index contributed by atoms with van der Waals surface area (Å²) >= 11 is 0. The average molecular weight is 341 g/mol. The lowest BCUT2D eigenvalue weighted by Crippen LogP contribution is -2.28. The van der Waals surface area contributed by atoms with Gasteiger partial charge < -0.3 is 9.64 Å². The second-order valence-corrected chi connectivity index (χ2v) is 6.67. The van der Waals surface area contributed by atoms with E-state index in [2.05, 4.69) is 12.0 Å². The van der Waals surface area contributed by atoms with Crippen LogP contribution < -0.4 is 0 Å². The normalized spacial score (nSPS) is 17.0. The van der Waals surface area contributed by atoms with Gasteiger partial charge in [-0.3, -0.25) is 9.48 Å². The molecule has 1 aliphatic rings. The summed E-state index contributed by atoms with van der Waals surface area (Å²) in [5, 5.41) is 4.29. The molecule has 1 atom stereocenters. The molecule has 1 aromatic heterocycles. The zero-order valence-electron chi connectivity index (χ0n) is 15.1. The third-order valence-electron chi connectivity index (χ3n) is 4.81. The summed E-state index contributed by atoms with van der Waals surface area (Å²) in [6.07, 6.45) is 8.63. The van der Waals surface area contributed by atoms with Gasteiger partial charge in [-0.05, 0) is 50.3 Å². The van der Waals surface area contributed by atoms with Crippen molar-refractivity contribution in [3.05, 3.63) is 42.2 Å². The molecule has 1 amide bonds. The predicted molar refractivity (Wildman–Crippen MR) is 98.5 cm³/mol. The van der Waals surface area contributed by atoms with Gasteiger partial charge in [-0.25, -0.2) is 0 Å². The van der Waals surface area contributed by atoms with Crippen LogP contribution in [0.15, 0.2) is 36.7 Å². The van der Waals surface area contributed by atoms with Crippen molar-refractivity contribution in [2.75, 3.05) is 20.2 Å². The fourth-order valence-corrected chi connectivity index (χ4v) is 3.24. The Kier molecular flexibility index (Phi) is 5.87. The van der Waals surface area contributed by atoms with Gasteiger partial charge in [-0.2, -0.15) is 5.10 Å². The molecule has 0 saturated carbocycles. The Labute approximate surface area is 149 Å². The molecular formula is C20H27N3O2. The minimum atomic E-state index is 0.0724. The molecule has 0 N–H and O–H groups in total. The zero-order chi connectivity index (χ0) is 17.6.